The van der Waals surface area contributed by atoms with Crippen LogP contribution in [0.4, 0.5) is 8.78 Å². The second-order valence-electron chi connectivity index (χ2n) is 5.73. The number of carbonyl (C=O) groups excluding carboxylic acids is 1. The van der Waals surface area contributed by atoms with Crippen molar-refractivity contribution < 1.29 is 23.0 Å². The van der Waals surface area contributed by atoms with Gasteiger partial charge in [-0.15, -0.1) is 24.0 Å². The number of ether oxygens (including phenoxy) is 2. The Morgan fingerprint density at radius 1 is 1.22 bits per heavy atom. The summed E-state index contributed by atoms with van der Waals surface area (Å²) in [6.45, 7) is 0.0246. The molecule has 154 valence electrons. The predicted molar refractivity (Wildman–Crippen MR) is 112 cm³/mol. The second-order valence-corrected chi connectivity index (χ2v) is 5.73. The van der Waals surface area contributed by atoms with E-state index < -0.39 is 6.61 Å². The van der Waals surface area contributed by atoms with Gasteiger partial charge in [0, 0.05) is 32.1 Å². The van der Waals surface area contributed by atoms with Crippen LogP contribution in [0.25, 0.3) is 0 Å². The number of methoxy groups -OCH3 is 1. The number of alkyl halides is 2. The Labute approximate surface area is 176 Å². The Kier molecular flexibility index (Phi) is 13.5. The summed E-state index contributed by atoms with van der Waals surface area (Å²) in [5.41, 5.74) is 1.59. The first-order valence-corrected chi connectivity index (χ1v) is 8.52. The van der Waals surface area contributed by atoms with Gasteiger partial charge in [0.1, 0.15) is 5.75 Å². The van der Waals surface area contributed by atoms with Crippen molar-refractivity contribution in [1.82, 2.24) is 10.6 Å². The fourth-order valence-electron chi connectivity index (χ4n) is 2.34. The third-order valence-electron chi connectivity index (χ3n) is 3.68. The third-order valence-corrected chi connectivity index (χ3v) is 3.68. The summed E-state index contributed by atoms with van der Waals surface area (Å²) in [6.07, 6.45) is 2.97. The standard InChI is InChI=1S/C18H27F2N3O3.HI/c1-13-8-9-15(26-17(19)20)14(11-13)12-23-18(21-2)22-10-6-4-5-7-16(24)25-3;/h8-9,11,17H,4-7,10,12H2,1-3H3,(H2,21,22,23);1H. The van der Waals surface area contributed by atoms with Crippen molar-refractivity contribution in [3.8, 4) is 5.75 Å². The molecule has 0 bridgehead atoms. The van der Waals surface area contributed by atoms with E-state index in [2.05, 4.69) is 25.1 Å². The fourth-order valence-corrected chi connectivity index (χ4v) is 2.34. The number of aryl methyl sites for hydroxylation is 1. The van der Waals surface area contributed by atoms with Crippen LogP contribution in [0.3, 0.4) is 0 Å². The molecule has 1 aromatic rings. The maximum Gasteiger partial charge on any atom is 0.387 e. The van der Waals surface area contributed by atoms with Crippen LogP contribution < -0.4 is 15.4 Å². The van der Waals surface area contributed by atoms with Gasteiger partial charge in [0.25, 0.3) is 0 Å². The van der Waals surface area contributed by atoms with Gasteiger partial charge in [0.05, 0.1) is 7.11 Å². The van der Waals surface area contributed by atoms with Gasteiger partial charge in [-0.3, -0.25) is 9.79 Å². The minimum atomic E-state index is -2.86. The van der Waals surface area contributed by atoms with E-state index in [0.717, 1.165) is 24.8 Å². The first-order valence-electron chi connectivity index (χ1n) is 8.52. The van der Waals surface area contributed by atoms with Crippen molar-refractivity contribution in [1.29, 1.82) is 0 Å². The van der Waals surface area contributed by atoms with E-state index in [1.165, 1.54) is 13.2 Å². The largest absolute Gasteiger partial charge is 0.469 e. The normalized spacial score (nSPS) is 11.0. The van der Waals surface area contributed by atoms with Crippen LogP contribution >= 0.6 is 24.0 Å². The average molecular weight is 499 g/mol. The van der Waals surface area contributed by atoms with Crippen molar-refractivity contribution in [3.63, 3.8) is 0 Å². The molecule has 0 radical (unpaired) electrons. The molecule has 27 heavy (non-hydrogen) atoms. The molecule has 1 aromatic carbocycles. The highest BCUT2D eigenvalue weighted by Crippen LogP contribution is 2.21. The summed E-state index contributed by atoms with van der Waals surface area (Å²) in [4.78, 5) is 15.1. The lowest BCUT2D eigenvalue weighted by Gasteiger charge is -2.15. The van der Waals surface area contributed by atoms with Crippen molar-refractivity contribution in [3.05, 3.63) is 29.3 Å². The Morgan fingerprint density at radius 2 is 1.96 bits per heavy atom. The van der Waals surface area contributed by atoms with Crippen LogP contribution in [0, 0.1) is 6.92 Å². The van der Waals surface area contributed by atoms with Gasteiger partial charge in [-0.2, -0.15) is 8.78 Å². The number of hydrogen-bond acceptors (Lipinski definition) is 4. The molecule has 0 aliphatic rings. The molecule has 6 nitrogen and oxygen atoms in total. The van der Waals surface area contributed by atoms with Crippen LogP contribution in [0.1, 0.15) is 36.8 Å². The third kappa shape index (κ3) is 10.9. The summed E-state index contributed by atoms with van der Waals surface area (Å²) in [5, 5.41) is 6.24. The molecule has 9 heteroatoms. The lowest BCUT2D eigenvalue weighted by atomic mass is 10.1. The van der Waals surface area contributed by atoms with Gasteiger partial charge >= 0.3 is 12.6 Å². The van der Waals surface area contributed by atoms with Gasteiger partial charge in [-0.05, 0) is 25.8 Å². The second kappa shape index (κ2) is 14.4. The summed E-state index contributed by atoms with van der Waals surface area (Å²) in [7, 11) is 3.02. The SMILES string of the molecule is CN=C(NCCCCCC(=O)OC)NCc1cc(C)ccc1OC(F)F.I. The zero-order valence-electron chi connectivity index (χ0n) is 15.9. The zero-order chi connectivity index (χ0) is 19.4. The Hall–Kier alpha value is -1.65. The van der Waals surface area contributed by atoms with Gasteiger partial charge in [0.2, 0.25) is 0 Å². The average Bonchev–Trinajstić information content (AvgIpc) is 2.61. The number of halogens is 3. The lowest BCUT2D eigenvalue weighted by Crippen LogP contribution is -2.37. The molecule has 0 aliphatic carbocycles. The monoisotopic (exact) mass is 499 g/mol. The highest BCUT2D eigenvalue weighted by Gasteiger charge is 2.10. The quantitative estimate of drug-likeness (QED) is 0.169. The van der Waals surface area contributed by atoms with E-state index in [9.17, 15) is 13.6 Å². The number of nitrogens with zero attached hydrogens (tertiary/aromatic N) is 1. The van der Waals surface area contributed by atoms with Gasteiger partial charge in [-0.1, -0.05) is 24.1 Å². The predicted octanol–water partition coefficient (Wildman–Crippen LogP) is 3.61. The lowest BCUT2D eigenvalue weighted by molar-refractivity contribution is -0.140. The molecule has 0 spiro atoms. The number of aliphatic imine (C=N–C) groups is 1. The van der Waals surface area contributed by atoms with E-state index in [4.69, 9.17) is 0 Å². The molecule has 0 aliphatic heterocycles. The highest BCUT2D eigenvalue weighted by atomic mass is 127. The number of carbonyl (C=O) groups is 1. The fraction of sp³-hybridized carbons (Fsp3) is 0.556. The molecular weight excluding hydrogens is 471 g/mol. The van der Waals surface area contributed by atoms with E-state index in [-0.39, 0.29) is 35.7 Å². The number of nitrogens with one attached hydrogen (secondary N) is 2. The molecule has 0 fully saturated rings. The molecule has 0 saturated carbocycles. The van der Waals surface area contributed by atoms with Crippen LogP contribution in [0.2, 0.25) is 0 Å². The number of rotatable bonds is 10. The van der Waals surface area contributed by atoms with Gasteiger partial charge in [-0.25, -0.2) is 0 Å². The summed E-state index contributed by atoms with van der Waals surface area (Å²) < 4.78 is 34.1. The van der Waals surface area contributed by atoms with Gasteiger partial charge < -0.3 is 20.1 Å². The van der Waals surface area contributed by atoms with Crippen LogP contribution in [0.5, 0.6) is 5.75 Å². The van der Waals surface area contributed by atoms with E-state index >= 15 is 0 Å². The smallest absolute Gasteiger partial charge is 0.387 e. The van der Waals surface area contributed by atoms with E-state index in [0.29, 0.717) is 31.0 Å². The number of unbranched alkanes of at least 4 members (excludes halogenated alkanes) is 2. The summed E-state index contributed by atoms with van der Waals surface area (Å²) >= 11 is 0. The molecule has 0 amide bonds. The Balaban J connectivity index is 0.00000676. The summed E-state index contributed by atoms with van der Waals surface area (Å²) in [5.74, 6) is 0.522. The molecule has 0 aromatic heterocycles. The van der Waals surface area contributed by atoms with E-state index in [1.807, 2.05) is 6.92 Å². The maximum absolute atomic E-state index is 12.5. The first-order chi connectivity index (χ1) is 12.5. The van der Waals surface area contributed by atoms with Crippen molar-refractivity contribution in [2.75, 3.05) is 20.7 Å². The Bertz CT molecular complexity index is 601. The van der Waals surface area contributed by atoms with Crippen LogP contribution in [0.15, 0.2) is 23.2 Å². The minimum absolute atomic E-state index is 0. The van der Waals surface area contributed by atoms with Gasteiger partial charge in [0.15, 0.2) is 5.96 Å². The molecule has 0 saturated heterocycles. The minimum Gasteiger partial charge on any atom is -0.469 e. The summed E-state index contributed by atoms with van der Waals surface area (Å²) in [6, 6.07) is 5.06. The number of hydrogen-bond donors (Lipinski definition) is 2. The topological polar surface area (TPSA) is 72.0 Å². The Morgan fingerprint density at radius 3 is 2.59 bits per heavy atom. The number of benzene rings is 1. The molecule has 0 atom stereocenters. The highest BCUT2D eigenvalue weighted by molar-refractivity contribution is 14.0. The van der Waals surface area contributed by atoms with Crippen molar-refractivity contribution in [2.45, 2.75) is 45.8 Å². The first kappa shape index (κ1) is 25.4. The number of guanidine groups is 1. The zero-order valence-corrected chi connectivity index (χ0v) is 18.2. The van der Waals surface area contributed by atoms with E-state index in [1.54, 1.807) is 19.2 Å². The molecular formula is C18H28F2IN3O3. The molecule has 0 unspecified atom stereocenters. The van der Waals surface area contributed by atoms with Crippen molar-refractivity contribution >= 4 is 35.9 Å². The van der Waals surface area contributed by atoms with Crippen LogP contribution in [-0.4, -0.2) is 39.2 Å². The van der Waals surface area contributed by atoms with Crippen LogP contribution in [-0.2, 0) is 16.1 Å². The molecule has 1 rings (SSSR count). The molecule has 0 heterocycles. The molecule has 2 N–H and O–H groups in total. The number of esters is 1. The maximum atomic E-state index is 12.5. The van der Waals surface area contributed by atoms with Crippen molar-refractivity contribution in [2.24, 2.45) is 4.99 Å².